The molecule has 1 radical (unpaired) electrons. The summed E-state index contributed by atoms with van der Waals surface area (Å²) in [5.41, 5.74) is 1.51. The van der Waals surface area contributed by atoms with Crippen LogP contribution in [-0.2, 0) is 0 Å². The minimum atomic E-state index is -0.0665. The second kappa shape index (κ2) is 4.09. The van der Waals surface area contributed by atoms with Crippen LogP contribution in [0.25, 0.3) is 0 Å². The summed E-state index contributed by atoms with van der Waals surface area (Å²) >= 11 is 0. The van der Waals surface area contributed by atoms with Crippen molar-refractivity contribution in [3.63, 3.8) is 0 Å². The molecule has 1 aromatic rings. The quantitative estimate of drug-likeness (QED) is 0.649. The molecule has 0 spiro atoms. The van der Waals surface area contributed by atoms with E-state index < -0.39 is 0 Å². The number of benzene rings is 1. The first-order chi connectivity index (χ1) is 6.79. The third-order valence-electron chi connectivity index (χ3n) is 2.82. The van der Waals surface area contributed by atoms with E-state index in [2.05, 4.69) is 5.32 Å². The smallest absolute Gasteiger partial charge is 0.130 e. The molecule has 0 aliphatic carbocycles. The second-order valence-electron chi connectivity index (χ2n) is 3.90. The van der Waals surface area contributed by atoms with Crippen molar-refractivity contribution in [3.8, 4) is 0 Å². The van der Waals surface area contributed by atoms with Crippen LogP contribution >= 0.6 is 0 Å². The van der Waals surface area contributed by atoms with Gasteiger partial charge in [-0.3, -0.25) is 0 Å². The lowest BCUT2D eigenvalue weighted by Gasteiger charge is -2.22. The zero-order valence-corrected chi connectivity index (χ0v) is 8.46. The monoisotopic (exact) mass is 192 g/mol. The van der Waals surface area contributed by atoms with E-state index in [0.717, 1.165) is 30.5 Å². The summed E-state index contributed by atoms with van der Waals surface area (Å²) in [6.07, 6.45) is 3.33. The van der Waals surface area contributed by atoms with E-state index in [0.29, 0.717) is 0 Å². The van der Waals surface area contributed by atoms with Crippen molar-refractivity contribution < 1.29 is 4.39 Å². The summed E-state index contributed by atoms with van der Waals surface area (Å²) in [4.78, 5) is 0. The number of halogens is 1. The van der Waals surface area contributed by atoms with Crippen LogP contribution < -0.4 is 5.32 Å². The van der Waals surface area contributed by atoms with E-state index >= 15 is 0 Å². The maximum absolute atomic E-state index is 13.7. The average molecular weight is 192 g/mol. The van der Waals surface area contributed by atoms with Crippen LogP contribution in [0.15, 0.2) is 18.2 Å². The van der Waals surface area contributed by atoms with Gasteiger partial charge in [0.1, 0.15) is 5.82 Å². The van der Waals surface area contributed by atoms with Crippen LogP contribution in [0.4, 0.5) is 4.39 Å². The van der Waals surface area contributed by atoms with Gasteiger partial charge in [-0.15, -0.1) is 0 Å². The molecule has 75 valence electrons. The molecule has 2 rings (SSSR count). The lowest BCUT2D eigenvalue weighted by molar-refractivity contribution is 0.391. The van der Waals surface area contributed by atoms with Crippen molar-refractivity contribution in [1.82, 2.24) is 5.32 Å². The summed E-state index contributed by atoms with van der Waals surface area (Å²) in [6.45, 7) is 2.69. The summed E-state index contributed by atoms with van der Waals surface area (Å²) in [7, 11) is 0. The fourth-order valence-corrected chi connectivity index (χ4v) is 1.97. The summed E-state index contributed by atoms with van der Waals surface area (Å²) in [5.74, 6) is -0.0665. The Morgan fingerprint density at radius 1 is 1.36 bits per heavy atom. The highest BCUT2D eigenvalue weighted by Crippen LogP contribution is 2.27. The molecule has 0 aromatic heterocycles. The van der Waals surface area contributed by atoms with Crippen molar-refractivity contribution in [2.75, 3.05) is 6.54 Å². The van der Waals surface area contributed by atoms with Gasteiger partial charge in [0, 0.05) is 12.1 Å². The molecule has 0 amide bonds. The molecule has 14 heavy (non-hydrogen) atoms. The van der Waals surface area contributed by atoms with E-state index in [1.807, 2.05) is 25.1 Å². The molecular weight excluding hydrogens is 177 g/mol. The molecule has 0 bridgehead atoms. The van der Waals surface area contributed by atoms with Crippen LogP contribution in [0.3, 0.4) is 0 Å². The van der Waals surface area contributed by atoms with Crippen molar-refractivity contribution >= 4 is 0 Å². The van der Waals surface area contributed by atoms with Gasteiger partial charge in [-0.1, -0.05) is 24.6 Å². The molecule has 1 aliphatic heterocycles. The van der Waals surface area contributed by atoms with Crippen molar-refractivity contribution in [1.29, 1.82) is 0 Å². The Kier molecular flexibility index (Phi) is 2.82. The molecule has 1 aliphatic rings. The Hall–Kier alpha value is -0.890. The highest BCUT2D eigenvalue weighted by molar-refractivity contribution is 5.27. The fraction of sp³-hybridized carbons (Fsp3) is 0.500. The topological polar surface area (TPSA) is 14.1 Å². The van der Waals surface area contributed by atoms with E-state index in [-0.39, 0.29) is 11.9 Å². The number of aryl methyl sites for hydroxylation is 1. The predicted octanol–water partition coefficient (Wildman–Crippen LogP) is 2.96. The van der Waals surface area contributed by atoms with Crippen LogP contribution in [0.5, 0.6) is 0 Å². The zero-order valence-electron chi connectivity index (χ0n) is 8.46. The van der Waals surface area contributed by atoms with Crippen molar-refractivity contribution in [2.24, 2.45) is 0 Å². The number of nitrogens with zero attached hydrogens (tertiary/aromatic N) is 1. The van der Waals surface area contributed by atoms with Crippen LogP contribution in [0.1, 0.15) is 36.4 Å². The molecule has 0 N–H and O–H groups in total. The molecule has 1 fully saturated rings. The Morgan fingerprint density at radius 2 is 2.21 bits per heavy atom. The van der Waals surface area contributed by atoms with Gasteiger partial charge in [0.2, 0.25) is 0 Å². The lowest BCUT2D eigenvalue weighted by atomic mass is 9.96. The first-order valence-electron chi connectivity index (χ1n) is 5.20. The van der Waals surface area contributed by atoms with Gasteiger partial charge in [0.25, 0.3) is 0 Å². The third-order valence-corrected chi connectivity index (χ3v) is 2.82. The zero-order chi connectivity index (χ0) is 9.97. The average Bonchev–Trinajstić information content (AvgIpc) is 2.23. The molecule has 0 saturated carbocycles. The molecule has 1 atom stereocenters. The lowest BCUT2D eigenvalue weighted by Crippen LogP contribution is -2.21. The first-order valence-corrected chi connectivity index (χ1v) is 5.20. The van der Waals surface area contributed by atoms with Crippen LogP contribution in [0.2, 0.25) is 0 Å². The molecule has 1 heterocycles. The molecule has 2 heteroatoms. The van der Waals surface area contributed by atoms with Gasteiger partial charge in [0.15, 0.2) is 0 Å². The second-order valence-corrected chi connectivity index (χ2v) is 3.90. The minimum absolute atomic E-state index is 0.0665. The largest absolute Gasteiger partial charge is 0.234 e. The summed E-state index contributed by atoms with van der Waals surface area (Å²) < 4.78 is 13.7. The Morgan fingerprint density at radius 3 is 2.93 bits per heavy atom. The van der Waals surface area contributed by atoms with Gasteiger partial charge in [0.05, 0.1) is 6.04 Å². The number of piperidine rings is 1. The number of hydrogen-bond donors (Lipinski definition) is 0. The summed E-state index contributed by atoms with van der Waals surface area (Å²) in [5, 5.41) is 4.46. The number of hydrogen-bond acceptors (Lipinski definition) is 0. The van der Waals surface area contributed by atoms with E-state index in [9.17, 15) is 4.39 Å². The fourth-order valence-electron chi connectivity index (χ4n) is 1.97. The molecule has 1 unspecified atom stereocenters. The Balaban J connectivity index is 2.26. The summed E-state index contributed by atoms with van der Waals surface area (Å²) in [6, 6.07) is 5.69. The van der Waals surface area contributed by atoms with Crippen LogP contribution in [-0.4, -0.2) is 6.54 Å². The van der Waals surface area contributed by atoms with Crippen LogP contribution in [0, 0.1) is 12.7 Å². The standard InChI is InChI=1S/C12H15FN/c1-9-5-4-6-10(12(9)13)11-7-2-3-8-14-11/h4-6,11H,2-3,7-8H2,1H3. The molecule has 1 aromatic carbocycles. The molecule has 1 saturated heterocycles. The maximum Gasteiger partial charge on any atom is 0.130 e. The Bertz CT molecular complexity index is 316. The maximum atomic E-state index is 13.7. The normalized spacial score (nSPS) is 22.3. The van der Waals surface area contributed by atoms with Gasteiger partial charge in [-0.2, -0.15) is 0 Å². The third kappa shape index (κ3) is 1.80. The number of rotatable bonds is 1. The SMILES string of the molecule is Cc1cccc(C2CCCC[N]2)c1F. The van der Waals surface area contributed by atoms with Crippen molar-refractivity contribution in [3.05, 3.63) is 35.1 Å². The minimum Gasteiger partial charge on any atom is -0.234 e. The van der Waals surface area contributed by atoms with E-state index in [1.54, 1.807) is 0 Å². The van der Waals surface area contributed by atoms with E-state index in [1.165, 1.54) is 6.42 Å². The Labute approximate surface area is 84.3 Å². The highest BCUT2D eigenvalue weighted by atomic mass is 19.1. The first kappa shape index (κ1) is 9.66. The van der Waals surface area contributed by atoms with Gasteiger partial charge < -0.3 is 0 Å². The van der Waals surface area contributed by atoms with Crippen molar-refractivity contribution in [2.45, 2.75) is 32.2 Å². The van der Waals surface area contributed by atoms with E-state index in [4.69, 9.17) is 0 Å². The predicted molar refractivity (Wildman–Crippen MR) is 54.7 cm³/mol. The van der Waals surface area contributed by atoms with Gasteiger partial charge in [-0.05, 0) is 25.3 Å². The highest BCUT2D eigenvalue weighted by Gasteiger charge is 2.19. The molecule has 1 nitrogen and oxygen atoms in total. The molecular formula is C12H15FN. The van der Waals surface area contributed by atoms with Gasteiger partial charge >= 0.3 is 0 Å². The van der Waals surface area contributed by atoms with Gasteiger partial charge in [-0.25, -0.2) is 9.71 Å².